The second-order valence-electron chi connectivity index (χ2n) is 7.73. The Morgan fingerprint density at radius 2 is 1.74 bits per heavy atom. The van der Waals surface area contributed by atoms with E-state index in [1.54, 1.807) is 78.7 Å². The number of rotatable bonds is 8. The predicted molar refractivity (Wildman–Crippen MR) is 132 cm³/mol. The minimum Gasteiger partial charge on any atom is -0.497 e. The molecule has 0 radical (unpaired) electrons. The molecular weight excluding hydrogens is 477 g/mol. The van der Waals surface area contributed by atoms with Gasteiger partial charge in [0.1, 0.15) is 18.1 Å². The highest BCUT2D eigenvalue weighted by molar-refractivity contribution is 6.35. The van der Waals surface area contributed by atoms with Gasteiger partial charge in [0.05, 0.1) is 18.7 Å². The van der Waals surface area contributed by atoms with Crippen LogP contribution in [0.15, 0.2) is 66.7 Å². The molecule has 176 valence electrons. The van der Waals surface area contributed by atoms with Crippen molar-refractivity contribution in [2.45, 2.75) is 13.0 Å². The third-order valence-electron chi connectivity index (χ3n) is 5.49. The molecule has 0 aliphatic carbocycles. The minimum absolute atomic E-state index is 0.0982. The standard InChI is InChI=1S/C25H23Cl2N3O4/c1-33-19-10-8-18(9-11-19)30-14-16(12-24(30)31)25(32)29-28-17-4-2-5-20(13-17)34-15-21-22(26)6-3-7-23(21)27/h2-11,13,16,28H,12,14-15H2,1H3,(H,29,32)/t16-/m0/s1. The molecule has 9 heteroatoms. The van der Waals surface area contributed by atoms with Crippen LogP contribution in [0.25, 0.3) is 0 Å². The lowest BCUT2D eigenvalue weighted by Gasteiger charge is -2.17. The number of halogens is 2. The summed E-state index contributed by atoms with van der Waals surface area (Å²) in [6, 6.07) is 19.6. The van der Waals surface area contributed by atoms with Crippen molar-refractivity contribution in [1.82, 2.24) is 5.43 Å². The summed E-state index contributed by atoms with van der Waals surface area (Å²) >= 11 is 12.4. The largest absolute Gasteiger partial charge is 0.497 e. The summed E-state index contributed by atoms with van der Waals surface area (Å²) in [4.78, 5) is 26.7. The molecule has 1 saturated heterocycles. The van der Waals surface area contributed by atoms with Crippen LogP contribution in [0.5, 0.6) is 11.5 Å². The molecule has 3 aromatic rings. The first-order valence-electron chi connectivity index (χ1n) is 10.6. The SMILES string of the molecule is COc1ccc(N2C[C@@H](C(=O)NNc3cccc(OCc4c(Cl)cccc4Cl)c3)CC2=O)cc1. The fourth-order valence-electron chi connectivity index (χ4n) is 3.62. The van der Waals surface area contributed by atoms with E-state index in [2.05, 4.69) is 10.9 Å². The Kier molecular flexibility index (Phi) is 7.45. The van der Waals surface area contributed by atoms with Gasteiger partial charge in [0, 0.05) is 40.3 Å². The number of carbonyl (C=O) groups is 2. The van der Waals surface area contributed by atoms with Crippen molar-refractivity contribution in [2.75, 3.05) is 24.0 Å². The molecule has 1 heterocycles. The van der Waals surface area contributed by atoms with Gasteiger partial charge >= 0.3 is 0 Å². The molecule has 1 aliphatic heterocycles. The highest BCUT2D eigenvalue weighted by Crippen LogP contribution is 2.28. The van der Waals surface area contributed by atoms with Gasteiger partial charge in [-0.1, -0.05) is 35.3 Å². The quantitative estimate of drug-likeness (QED) is 0.422. The molecule has 0 spiro atoms. The number of ether oxygens (including phenoxy) is 2. The third-order valence-corrected chi connectivity index (χ3v) is 6.20. The average molecular weight is 500 g/mol. The summed E-state index contributed by atoms with van der Waals surface area (Å²) in [7, 11) is 1.58. The van der Waals surface area contributed by atoms with Crippen LogP contribution in [-0.2, 0) is 16.2 Å². The maximum Gasteiger partial charge on any atom is 0.243 e. The van der Waals surface area contributed by atoms with E-state index in [4.69, 9.17) is 32.7 Å². The van der Waals surface area contributed by atoms with Crippen LogP contribution in [0.3, 0.4) is 0 Å². The Balaban J connectivity index is 1.32. The first kappa shape index (κ1) is 23.7. The molecule has 2 amide bonds. The number of methoxy groups -OCH3 is 1. The molecule has 1 fully saturated rings. The maximum absolute atomic E-state index is 12.7. The van der Waals surface area contributed by atoms with E-state index < -0.39 is 5.92 Å². The van der Waals surface area contributed by atoms with Crippen molar-refractivity contribution >= 4 is 46.4 Å². The minimum atomic E-state index is -0.469. The molecule has 0 aromatic heterocycles. The van der Waals surface area contributed by atoms with Crippen molar-refractivity contribution in [3.05, 3.63) is 82.3 Å². The number of carbonyl (C=O) groups excluding carboxylic acids is 2. The van der Waals surface area contributed by atoms with E-state index in [1.807, 2.05) is 0 Å². The van der Waals surface area contributed by atoms with E-state index in [0.717, 1.165) is 5.69 Å². The lowest BCUT2D eigenvalue weighted by molar-refractivity contribution is -0.125. The van der Waals surface area contributed by atoms with Gasteiger partial charge < -0.3 is 14.4 Å². The molecule has 7 nitrogen and oxygen atoms in total. The van der Waals surface area contributed by atoms with Crippen molar-refractivity contribution in [1.29, 1.82) is 0 Å². The summed E-state index contributed by atoms with van der Waals surface area (Å²) in [5.74, 6) is 0.452. The number of hydrogen-bond acceptors (Lipinski definition) is 5. The maximum atomic E-state index is 12.7. The van der Waals surface area contributed by atoms with Crippen molar-refractivity contribution in [3.63, 3.8) is 0 Å². The van der Waals surface area contributed by atoms with Gasteiger partial charge in [0.2, 0.25) is 11.8 Å². The fourth-order valence-corrected chi connectivity index (χ4v) is 4.13. The smallest absolute Gasteiger partial charge is 0.243 e. The number of hydrogen-bond donors (Lipinski definition) is 2. The number of nitrogens with zero attached hydrogens (tertiary/aromatic N) is 1. The number of anilines is 2. The summed E-state index contributed by atoms with van der Waals surface area (Å²) in [5.41, 5.74) is 7.64. The van der Waals surface area contributed by atoms with Crippen molar-refractivity contribution in [3.8, 4) is 11.5 Å². The molecule has 3 aromatic carbocycles. The average Bonchev–Trinajstić information content (AvgIpc) is 3.24. The summed E-state index contributed by atoms with van der Waals surface area (Å²) in [5, 5.41) is 1.06. The summed E-state index contributed by atoms with van der Waals surface area (Å²) in [6.45, 7) is 0.514. The van der Waals surface area contributed by atoms with Gasteiger partial charge in [0.25, 0.3) is 0 Å². The van der Waals surface area contributed by atoms with Gasteiger partial charge in [0.15, 0.2) is 0 Å². The molecule has 1 atom stereocenters. The normalized spacial score (nSPS) is 15.2. The lowest BCUT2D eigenvalue weighted by Crippen LogP contribution is -2.36. The zero-order chi connectivity index (χ0) is 24.1. The zero-order valence-corrected chi connectivity index (χ0v) is 19.9. The zero-order valence-electron chi connectivity index (χ0n) is 18.4. The molecule has 0 bridgehead atoms. The number of amides is 2. The molecule has 1 aliphatic rings. The molecule has 4 rings (SSSR count). The van der Waals surface area contributed by atoms with Gasteiger partial charge in [-0.25, -0.2) is 0 Å². The van der Waals surface area contributed by atoms with Crippen LogP contribution in [0.2, 0.25) is 10.0 Å². The van der Waals surface area contributed by atoms with E-state index in [-0.39, 0.29) is 24.8 Å². The Bertz CT molecular complexity index is 1170. The Morgan fingerprint density at radius 1 is 1.03 bits per heavy atom. The van der Waals surface area contributed by atoms with Gasteiger partial charge in [-0.15, -0.1) is 0 Å². The van der Waals surface area contributed by atoms with Crippen LogP contribution >= 0.6 is 23.2 Å². The number of nitrogens with one attached hydrogen (secondary N) is 2. The topological polar surface area (TPSA) is 79.9 Å². The first-order valence-corrected chi connectivity index (χ1v) is 11.4. The van der Waals surface area contributed by atoms with E-state index in [1.165, 1.54) is 0 Å². The Hall–Kier alpha value is -3.42. The van der Waals surface area contributed by atoms with E-state index in [9.17, 15) is 9.59 Å². The van der Waals surface area contributed by atoms with Gasteiger partial charge in [-0.2, -0.15) is 0 Å². The van der Waals surface area contributed by atoms with Crippen LogP contribution in [0.1, 0.15) is 12.0 Å². The van der Waals surface area contributed by atoms with Crippen LogP contribution in [0.4, 0.5) is 11.4 Å². The predicted octanol–water partition coefficient (Wildman–Crippen LogP) is 5.08. The summed E-state index contributed by atoms with van der Waals surface area (Å²) in [6.07, 6.45) is 0.140. The Labute approximate surface area is 207 Å². The monoisotopic (exact) mass is 499 g/mol. The highest BCUT2D eigenvalue weighted by Gasteiger charge is 2.35. The first-order chi connectivity index (χ1) is 16.4. The van der Waals surface area contributed by atoms with Crippen LogP contribution in [-0.4, -0.2) is 25.5 Å². The van der Waals surface area contributed by atoms with E-state index >= 15 is 0 Å². The highest BCUT2D eigenvalue weighted by atomic mass is 35.5. The number of hydrazine groups is 1. The summed E-state index contributed by atoms with van der Waals surface area (Å²) < 4.78 is 11.0. The molecular formula is C25H23Cl2N3O4. The van der Waals surface area contributed by atoms with Crippen LogP contribution in [0, 0.1) is 5.92 Å². The van der Waals surface area contributed by atoms with Gasteiger partial charge in [-0.05, 0) is 48.5 Å². The second-order valence-corrected chi connectivity index (χ2v) is 8.55. The Morgan fingerprint density at radius 3 is 2.44 bits per heavy atom. The van der Waals surface area contributed by atoms with Crippen LogP contribution < -0.4 is 25.2 Å². The molecule has 0 saturated carbocycles. The molecule has 2 N–H and O–H groups in total. The third kappa shape index (κ3) is 5.55. The number of benzene rings is 3. The van der Waals surface area contributed by atoms with Gasteiger partial charge in [-0.3, -0.25) is 20.4 Å². The molecule has 0 unspecified atom stereocenters. The lowest BCUT2D eigenvalue weighted by atomic mass is 10.1. The van der Waals surface area contributed by atoms with Crippen molar-refractivity contribution < 1.29 is 19.1 Å². The second kappa shape index (κ2) is 10.7. The van der Waals surface area contributed by atoms with Crippen molar-refractivity contribution in [2.24, 2.45) is 5.92 Å². The molecule has 34 heavy (non-hydrogen) atoms. The fraction of sp³-hybridized carbons (Fsp3) is 0.200. The van der Waals surface area contributed by atoms with E-state index in [0.29, 0.717) is 39.3 Å².